The van der Waals surface area contributed by atoms with E-state index < -0.39 is 5.82 Å². The van der Waals surface area contributed by atoms with Crippen LogP contribution < -0.4 is 4.74 Å². The van der Waals surface area contributed by atoms with Gasteiger partial charge in [0.05, 0.1) is 38.4 Å². The molecule has 0 aliphatic heterocycles. The Kier molecular flexibility index (Phi) is 4.88. The highest BCUT2D eigenvalue weighted by molar-refractivity contribution is 6.56. The molecular formula is C12H5Cl5FNO. The summed E-state index contributed by atoms with van der Waals surface area (Å²) in [5, 5.41) is -0.00854. The van der Waals surface area contributed by atoms with Crippen LogP contribution in [0, 0.1) is 5.82 Å². The van der Waals surface area contributed by atoms with Crippen LogP contribution >= 0.6 is 58.0 Å². The SMILES string of the molecule is COc1cc(-c2c(Cl)c(Cl)c(Cl)c(Cl)c2Cl)c(F)cn1. The summed E-state index contributed by atoms with van der Waals surface area (Å²) in [6, 6.07) is 1.34. The quantitative estimate of drug-likeness (QED) is 0.463. The number of pyridine rings is 1. The monoisotopic (exact) mass is 373 g/mol. The smallest absolute Gasteiger partial charge is 0.213 e. The molecule has 0 atom stereocenters. The lowest BCUT2D eigenvalue weighted by atomic mass is 10.1. The third kappa shape index (κ3) is 2.66. The van der Waals surface area contributed by atoms with Gasteiger partial charge < -0.3 is 4.74 Å². The fraction of sp³-hybridized carbons (Fsp3) is 0.0833. The summed E-state index contributed by atoms with van der Waals surface area (Å²) >= 11 is 30.0. The molecule has 0 amide bonds. The van der Waals surface area contributed by atoms with Gasteiger partial charge in [-0.25, -0.2) is 9.37 Å². The molecule has 20 heavy (non-hydrogen) atoms. The van der Waals surface area contributed by atoms with Crippen molar-refractivity contribution in [2.75, 3.05) is 7.11 Å². The van der Waals surface area contributed by atoms with E-state index >= 15 is 0 Å². The van der Waals surface area contributed by atoms with Crippen molar-refractivity contribution in [3.8, 4) is 17.0 Å². The van der Waals surface area contributed by atoms with E-state index in [2.05, 4.69) is 4.98 Å². The predicted octanol–water partition coefficient (Wildman–Crippen LogP) is 6.16. The predicted molar refractivity (Wildman–Crippen MR) is 81.2 cm³/mol. The number of ether oxygens (including phenoxy) is 1. The van der Waals surface area contributed by atoms with E-state index in [1.165, 1.54) is 13.2 Å². The number of benzene rings is 1. The van der Waals surface area contributed by atoms with E-state index in [-0.39, 0.29) is 42.1 Å². The standard InChI is InChI=1S/C12H5Cl5FNO/c1-20-6-2-4(5(18)3-19-6)7-8(13)10(15)12(17)11(16)9(7)14/h2-3H,1H3. The first-order chi connectivity index (χ1) is 9.38. The largest absolute Gasteiger partial charge is 0.481 e. The lowest BCUT2D eigenvalue weighted by Gasteiger charge is -2.13. The van der Waals surface area contributed by atoms with Gasteiger partial charge in [0.1, 0.15) is 5.82 Å². The first kappa shape index (κ1) is 15.9. The summed E-state index contributed by atoms with van der Waals surface area (Å²) in [7, 11) is 1.40. The fourth-order valence-corrected chi connectivity index (χ4v) is 2.91. The van der Waals surface area contributed by atoms with E-state index in [0.717, 1.165) is 6.20 Å². The first-order valence-corrected chi connectivity index (χ1v) is 6.98. The number of halogens is 6. The molecule has 106 valence electrons. The Morgan fingerprint density at radius 2 is 1.45 bits per heavy atom. The molecule has 1 aromatic heterocycles. The summed E-state index contributed by atoms with van der Waals surface area (Å²) in [4.78, 5) is 3.73. The lowest BCUT2D eigenvalue weighted by Crippen LogP contribution is -1.94. The Hall–Kier alpha value is -0.450. The van der Waals surface area contributed by atoms with Gasteiger partial charge in [0.25, 0.3) is 0 Å². The Labute approximate surface area is 139 Å². The minimum atomic E-state index is -0.649. The molecule has 1 aromatic carbocycles. The van der Waals surface area contributed by atoms with Gasteiger partial charge in [-0.05, 0) is 0 Å². The molecule has 2 nitrogen and oxygen atoms in total. The molecule has 0 bridgehead atoms. The summed E-state index contributed by atoms with van der Waals surface area (Å²) in [5.74, 6) is -0.459. The zero-order valence-corrected chi connectivity index (χ0v) is 13.6. The number of hydrogen-bond donors (Lipinski definition) is 0. The summed E-state index contributed by atoms with van der Waals surface area (Å²) in [6.07, 6.45) is 0.983. The van der Waals surface area contributed by atoms with Crippen LogP contribution in [0.5, 0.6) is 5.88 Å². The minimum absolute atomic E-state index is 0.00165. The van der Waals surface area contributed by atoms with Crippen LogP contribution in [-0.4, -0.2) is 12.1 Å². The maximum Gasteiger partial charge on any atom is 0.213 e. The minimum Gasteiger partial charge on any atom is -0.481 e. The van der Waals surface area contributed by atoms with Crippen LogP contribution in [-0.2, 0) is 0 Å². The molecule has 0 saturated heterocycles. The van der Waals surface area contributed by atoms with Gasteiger partial charge in [-0.1, -0.05) is 58.0 Å². The maximum absolute atomic E-state index is 14.0. The number of rotatable bonds is 2. The Balaban J connectivity index is 2.83. The lowest BCUT2D eigenvalue weighted by molar-refractivity contribution is 0.396. The molecule has 2 aromatic rings. The highest BCUT2D eigenvalue weighted by Crippen LogP contribution is 2.48. The third-order valence-electron chi connectivity index (χ3n) is 2.52. The van der Waals surface area contributed by atoms with Crippen LogP contribution in [0.2, 0.25) is 25.1 Å². The molecule has 0 radical (unpaired) electrons. The Bertz CT molecular complexity index is 663. The van der Waals surface area contributed by atoms with Crippen molar-refractivity contribution in [1.82, 2.24) is 4.98 Å². The van der Waals surface area contributed by atoms with Crippen LogP contribution in [0.3, 0.4) is 0 Å². The normalized spacial score (nSPS) is 10.8. The third-order valence-corrected chi connectivity index (χ3v) is 4.80. The molecule has 0 unspecified atom stereocenters. The van der Waals surface area contributed by atoms with Gasteiger partial charge in [-0.15, -0.1) is 0 Å². The number of hydrogen-bond acceptors (Lipinski definition) is 2. The van der Waals surface area contributed by atoms with Crippen LogP contribution in [0.4, 0.5) is 4.39 Å². The van der Waals surface area contributed by atoms with Crippen molar-refractivity contribution in [1.29, 1.82) is 0 Å². The first-order valence-electron chi connectivity index (χ1n) is 5.09. The average molecular weight is 375 g/mol. The number of aromatic nitrogens is 1. The Morgan fingerprint density at radius 1 is 0.950 bits per heavy atom. The molecule has 0 aliphatic rings. The van der Waals surface area contributed by atoms with Gasteiger partial charge in [0.2, 0.25) is 5.88 Å². The van der Waals surface area contributed by atoms with E-state index in [1.54, 1.807) is 0 Å². The van der Waals surface area contributed by atoms with Gasteiger partial charge in [0, 0.05) is 17.2 Å². The van der Waals surface area contributed by atoms with Crippen LogP contribution in [0.25, 0.3) is 11.1 Å². The average Bonchev–Trinajstić information content (AvgIpc) is 2.45. The zero-order valence-electron chi connectivity index (χ0n) is 9.78. The van der Waals surface area contributed by atoms with Gasteiger partial charge in [-0.3, -0.25) is 0 Å². The summed E-state index contributed by atoms with van der Waals surface area (Å²) < 4.78 is 18.9. The van der Waals surface area contributed by atoms with Crippen molar-refractivity contribution < 1.29 is 9.13 Å². The highest BCUT2D eigenvalue weighted by atomic mass is 35.5. The molecule has 0 saturated carbocycles. The second kappa shape index (κ2) is 6.12. The van der Waals surface area contributed by atoms with Crippen molar-refractivity contribution in [3.05, 3.63) is 43.2 Å². The van der Waals surface area contributed by atoms with Crippen LogP contribution in [0.1, 0.15) is 0 Å². The summed E-state index contributed by atoms with van der Waals surface area (Å²) in [5.41, 5.74) is 0.193. The molecule has 0 spiro atoms. The fourth-order valence-electron chi connectivity index (χ4n) is 1.56. The van der Waals surface area contributed by atoms with E-state index in [0.29, 0.717) is 0 Å². The Morgan fingerprint density at radius 3 is 1.95 bits per heavy atom. The second-order valence-electron chi connectivity index (χ2n) is 3.65. The molecule has 1 heterocycles. The molecule has 0 fully saturated rings. The number of methoxy groups -OCH3 is 1. The van der Waals surface area contributed by atoms with Crippen molar-refractivity contribution in [2.45, 2.75) is 0 Å². The molecular weight excluding hydrogens is 370 g/mol. The maximum atomic E-state index is 14.0. The van der Waals surface area contributed by atoms with Gasteiger partial charge in [0.15, 0.2) is 0 Å². The summed E-state index contributed by atoms with van der Waals surface area (Å²) in [6.45, 7) is 0. The topological polar surface area (TPSA) is 22.1 Å². The van der Waals surface area contributed by atoms with E-state index in [9.17, 15) is 4.39 Å². The van der Waals surface area contributed by atoms with E-state index in [4.69, 9.17) is 62.7 Å². The van der Waals surface area contributed by atoms with Crippen molar-refractivity contribution >= 4 is 58.0 Å². The van der Waals surface area contributed by atoms with Crippen molar-refractivity contribution in [3.63, 3.8) is 0 Å². The zero-order chi connectivity index (χ0) is 15.0. The van der Waals surface area contributed by atoms with Crippen LogP contribution in [0.15, 0.2) is 12.3 Å². The molecule has 0 N–H and O–H groups in total. The second-order valence-corrected chi connectivity index (χ2v) is 5.54. The molecule has 0 aliphatic carbocycles. The highest BCUT2D eigenvalue weighted by Gasteiger charge is 2.23. The number of nitrogens with zero attached hydrogens (tertiary/aromatic N) is 1. The van der Waals surface area contributed by atoms with E-state index in [1.807, 2.05) is 0 Å². The van der Waals surface area contributed by atoms with Crippen molar-refractivity contribution in [2.24, 2.45) is 0 Å². The molecule has 8 heteroatoms. The van der Waals surface area contributed by atoms with Gasteiger partial charge >= 0.3 is 0 Å². The van der Waals surface area contributed by atoms with Gasteiger partial charge in [-0.2, -0.15) is 0 Å². The molecule has 2 rings (SSSR count).